The molecule has 0 bridgehead atoms. The van der Waals surface area contributed by atoms with Gasteiger partial charge in [0.15, 0.2) is 0 Å². The number of aromatic nitrogens is 2. The lowest BCUT2D eigenvalue weighted by Crippen LogP contribution is -2.21. The van der Waals surface area contributed by atoms with E-state index in [1.807, 2.05) is 31.2 Å². The summed E-state index contributed by atoms with van der Waals surface area (Å²) in [6.45, 7) is 5.53. The Morgan fingerprint density at radius 3 is 2.71 bits per heavy atom. The lowest BCUT2D eigenvalue weighted by Gasteiger charge is -2.14. The van der Waals surface area contributed by atoms with E-state index < -0.39 is 10.8 Å². The van der Waals surface area contributed by atoms with Crippen LogP contribution in [-0.4, -0.2) is 38.8 Å². The van der Waals surface area contributed by atoms with Gasteiger partial charge in [-0.15, -0.1) is 0 Å². The van der Waals surface area contributed by atoms with E-state index in [0.717, 1.165) is 29.7 Å². The van der Waals surface area contributed by atoms with Gasteiger partial charge in [0, 0.05) is 40.8 Å². The standard InChI is InChI=1S/C15H22N4OS/c1-4-9-16-15-18-13-8-6-5-7-12(13)14(19-15)17-10-11(2)21(3)20/h5-8,11H,4,9-10H2,1-3H3,(H2,16,17,18,19). The minimum Gasteiger partial charge on any atom is -0.368 e. The van der Waals surface area contributed by atoms with Crippen LogP contribution in [0.4, 0.5) is 11.8 Å². The molecule has 2 atom stereocenters. The zero-order valence-electron chi connectivity index (χ0n) is 12.7. The van der Waals surface area contributed by atoms with Crippen molar-refractivity contribution in [3.63, 3.8) is 0 Å². The molecule has 0 radical (unpaired) electrons. The van der Waals surface area contributed by atoms with E-state index in [-0.39, 0.29) is 5.25 Å². The van der Waals surface area contributed by atoms with Crippen LogP contribution in [0, 0.1) is 0 Å². The minimum atomic E-state index is -0.849. The van der Waals surface area contributed by atoms with Crippen LogP contribution in [0.2, 0.25) is 0 Å². The van der Waals surface area contributed by atoms with Gasteiger partial charge >= 0.3 is 0 Å². The average Bonchev–Trinajstić information content (AvgIpc) is 2.50. The first-order valence-corrected chi connectivity index (χ1v) is 8.80. The van der Waals surface area contributed by atoms with E-state index in [1.165, 1.54) is 0 Å². The molecule has 6 heteroatoms. The quantitative estimate of drug-likeness (QED) is 0.823. The molecule has 0 amide bonds. The number of nitrogens with zero attached hydrogens (tertiary/aromatic N) is 2. The molecule has 0 spiro atoms. The highest BCUT2D eigenvalue weighted by molar-refractivity contribution is 7.84. The smallest absolute Gasteiger partial charge is 0.225 e. The van der Waals surface area contributed by atoms with Crippen LogP contribution in [0.5, 0.6) is 0 Å². The predicted octanol–water partition coefficient (Wildman–Crippen LogP) is 2.63. The summed E-state index contributed by atoms with van der Waals surface area (Å²) in [5.41, 5.74) is 0.902. The average molecular weight is 306 g/mol. The number of para-hydroxylation sites is 1. The monoisotopic (exact) mass is 306 g/mol. The summed E-state index contributed by atoms with van der Waals surface area (Å²) >= 11 is 0. The third-order valence-corrected chi connectivity index (χ3v) is 4.56. The summed E-state index contributed by atoms with van der Waals surface area (Å²) in [5.74, 6) is 1.42. The highest BCUT2D eigenvalue weighted by Gasteiger charge is 2.10. The highest BCUT2D eigenvalue weighted by atomic mass is 32.2. The SMILES string of the molecule is CCCNc1nc(NCC(C)S(C)=O)c2ccccc2n1. The number of rotatable bonds is 7. The molecule has 2 N–H and O–H groups in total. The second-order valence-electron chi connectivity index (χ2n) is 5.03. The number of nitrogens with one attached hydrogen (secondary N) is 2. The molecule has 2 unspecified atom stereocenters. The van der Waals surface area contributed by atoms with Gasteiger partial charge in [-0.05, 0) is 25.5 Å². The molecule has 21 heavy (non-hydrogen) atoms. The van der Waals surface area contributed by atoms with E-state index in [2.05, 4.69) is 27.5 Å². The number of hydrogen-bond acceptors (Lipinski definition) is 5. The van der Waals surface area contributed by atoms with E-state index in [9.17, 15) is 4.21 Å². The number of benzene rings is 1. The van der Waals surface area contributed by atoms with Crippen molar-refractivity contribution in [3.05, 3.63) is 24.3 Å². The third-order valence-electron chi connectivity index (χ3n) is 3.26. The number of fused-ring (bicyclic) bond motifs is 1. The maximum atomic E-state index is 11.5. The fourth-order valence-electron chi connectivity index (χ4n) is 1.88. The summed E-state index contributed by atoms with van der Waals surface area (Å²) in [6, 6.07) is 7.90. The predicted molar refractivity (Wildman–Crippen MR) is 90.3 cm³/mol. The molecular formula is C15H22N4OS. The van der Waals surface area contributed by atoms with Crippen LogP contribution < -0.4 is 10.6 Å². The summed E-state index contributed by atoms with van der Waals surface area (Å²) < 4.78 is 11.5. The molecule has 0 fully saturated rings. The molecule has 2 aromatic rings. The second-order valence-corrected chi connectivity index (χ2v) is 6.83. The Kier molecular flexibility index (Phi) is 5.50. The van der Waals surface area contributed by atoms with Crippen molar-refractivity contribution in [3.8, 4) is 0 Å². The van der Waals surface area contributed by atoms with Gasteiger partial charge < -0.3 is 10.6 Å². The van der Waals surface area contributed by atoms with Gasteiger partial charge in [0.05, 0.1) is 5.52 Å². The highest BCUT2D eigenvalue weighted by Crippen LogP contribution is 2.21. The summed E-state index contributed by atoms with van der Waals surface area (Å²) in [5, 5.41) is 7.57. The van der Waals surface area contributed by atoms with Crippen molar-refractivity contribution in [1.29, 1.82) is 0 Å². The summed E-state index contributed by atoms with van der Waals surface area (Å²) in [4.78, 5) is 9.05. The Hall–Kier alpha value is -1.69. The molecule has 1 aromatic carbocycles. The fraction of sp³-hybridized carbons (Fsp3) is 0.467. The van der Waals surface area contributed by atoms with E-state index in [1.54, 1.807) is 6.26 Å². The number of anilines is 2. The van der Waals surface area contributed by atoms with Gasteiger partial charge in [-0.3, -0.25) is 4.21 Å². The molecule has 0 aliphatic rings. The minimum absolute atomic E-state index is 0.0748. The summed E-state index contributed by atoms with van der Waals surface area (Å²) in [7, 11) is -0.849. The van der Waals surface area contributed by atoms with Gasteiger partial charge in [0.2, 0.25) is 5.95 Å². The topological polar surface area (TPSA) is 66.9 Å². The first-order valence-electron chi connectivity index (χ1n) is 7.18. The van der Waals surface area contributed by atoms with Crippen molar-refractivity contribution in [1.82, 2.24) is 9.97 Å². The van der Waals surface area contributed by atoms with Gasteiger partial charge in [0.25, 0.3) is 0 Å². The molecule has 2 rings (SSSR count). The molecule has 1 heterocycles. The lowest BCUT2D eigenvalue weighted by molar-refractivity contribution is 0.679. The van der Waals surface area contributed by atoms with Crippen molar-refractivity contribution in [2.24, 2.45) is 0 Å². The van der Waals surface area contributed by atoms with Crippen molar-refractivity contribution in [2.45, 2.75) is 25.5 Å². The van der Waals surface area contributed by atoms with E-state index >= 15 is 0 Å². The normalized spacial score (nSPS) is 13.9. The molecule has 0 saturated heterocycles. The third kappa shape index (κ3) is 4.14. The molecule has 114 valence electrons. The van der Waals surface area contributed by atoms with Gasteiger partial charge in [-0.25, -0.2) is 4.98 Å². The van der Waals surface area contributed by atoms with Crippen LogP contribution in [0.15, 0.2) is 24.3 Å². The first kappa shape index (κ1) is 15.7. The molecule has 5 nitrogen and oxygen atoms in total. The van der Waals surface area contributed by atoms with Crippen LogP contribution in [0.25, 0.3) is 10.9 Å². The molecule has 0 aliphatic carbocycles. The Morgan fingerprint density at radius 2 is 2.00 bits per heavy atom. The maximum absolute atomic E-state index is 11.5. The molecular weight excluding hydrogens is 284 g/mol. The van der Waals surface area contributed by atoms with Crippen LogP contribution in [-0.2, 0) is 10.8 Å². The molecule has 0 aliphatic heterocycles. The Morgan fingerprint density at radius 1 is 1.24 bits per heavy atom. The fourth-order valence-corrected chi connectivity index (χ4v) is 2.20. The van der Waals surface area contributed by atoms with Gasteiger partial charge in [-0.2, -0.15) is 4.98 Å². The zero-order chi connectivity index (χ0) is 15.2. The van der Waals surface area contributed by atoms with Gasteiger partial charge in [-0.1, -0.05) is 19.1 Å². The van der Waals surface area contributed by atoms with Crippen molar-refractivity contribution >= 4 is 33.5 Å². The summed E-state index contributed by atoms with van der Waals surface area (Å²) in [6.07, 6.45) is 2.74. The van der Waals surface area contributed by atoms with Crippen LogP contribution in [0.3, 0.4) is 0 Å². The Labute approximate surface area is 128 Å². The Bertz CT molecular complexity index is 632. The zero-order valence-corrected chi connectivity index (χ0v) is 13.5. The first-order chi connectivity index (χ1) is 10.1. The second kappa shape index (κ2) is 7.36. The largest absolute Gasteiger partial charge is 0.368 e. The molecule has 1 aromatic heterocycles. The van der Waals surface area contributed by atoms with Crippen molar-refractivity contribution < 1.29 is 4.21 Å². The maximum Gasteiger partial charge on any atom is 0.225 e. The van der Waals surface area contributed by atoms with E-state index in [0.29, 0.717) is 12.5 Å². The van der Waals surface area contributed by atoms with Gasteiger partial charge in [0.1, 0.15) is 5.82 Å². The van der Waals surface area contributed by atoms with E-state index in [4.69, 9.17) is 0 Å². The van der Waals surface area contributed by atoms with Crippen molar-refractivity contribution in [2.75, 3.05) is 30.0 Å². The number of hydrogen-bond donors (Lipinski definition) is 2. The lowest BCUT2D eigenvalue weighted by atomic mass is 10.2. The Balaban J connectivity index is 2.28. The van der Waals surface area contributed by atoms with Crippen LogP contribution in [0.1, 0.15) is 20.3 Å². The molecule has 0 saturated carbocycles. The van der Waals surface area contributed by atoms with Crippen LogP contribution >= 0.6 is 0 Å².